The molecule has 4 nitrogen and oxygen atoms in total. The average Bonchev–Trinajstić information content (AvgIpc) is 2.89. The third-order valence-corrected chi connectivity index (χ3v) is 3.00. The quantitative estimate of drug-likeness (QED) is 0.771. The smallest absolute Gasteiger partial charge is 0.261 e. The first-order valence-electron chi connectivity index (χ1n) is 5.62. The zero-order valence-electron chi connectivity index (χ0n) is 9.75. The molecule has 3 aromatic rings. The van der Waals surface area contributed by atoms with Gasteiger partial charge in [-0.05, 0) is 24.3 Å². The summed E-state index contributed by atoms with van der Waals surface area (Å²) in [5.74, 6) is 0.744. The van der Waals surface area contributed by atoms with Gasteiger partial charge in [-0.3, -0.25) is 0 Å². The van der Waals surface area contributed by atoms with E-state index in [4.69, 9.17) is 16.1 Å². The summed E-state index contributed by atoms with van der Waals surface area (Å²) >= 11 is 6.07. The SMILES string of the molecule is Oc1ccccc1-c1nc(-c2ccccc2Cl)no1. The number of hydrogen-bond acceptors (Lipinski definition) is 4. The van der Waals surface area contributed by atoms with Crippen molar-refractivity contribution < 1.29 is 9.63 Å². The summed E-state index contributed by atoms with van der Waals surface area (Å²) in [7, 11) is 0. The normalized spacial score (nSPS) is 10.6. The Bertz CT molecular complexity index is 665. The fourth-order valence-electron chi connectivity index (χ4n) is 1.74. The fourth-order valence-corrected chi connectivity index (χ4v) is 1.96. The Morgan fingerprint density at radius 2 is 1.63 bits per heavy atom. The van der Waals surface area contributed by atoms with Crippen LogP contribution in [0.5, 0.6) is 5.75 Å². The van der Waals surface area contributed by atoms with Crippen LogP contribution in [0.2, 0.25) is 5.02 Å². The van der Waals surface area contributed by atoms with Crippen molar-refractivity contribution in [2.75, 3.05) is 0 Å². The van der Waals surface area contributed by atoms with Gasteiger partial charge < -0.3 is 9.63 Å². The molecule has 1 heterocycles. The third kappa shape index (κ3) is 2.18. The van der Waals surface area contributed by atoms with Crippen molar-refractivity contribution in [1.29, 1.82) is 0 Å². The Labute approximate surface area is 114 Å². The molecule has 0 saturated carbocycles. The highest BCUT2D eigenvalue weighted by molar-refractivity contribution is 6.33. The van der Waals surface area contributed by atoms with Crippen LogP contribution in [0.1, 0.15) is 0 Å². The van der Waals surface area contributed by atoms with E-state index in [-0.39, 0.29) is 11.6 Å². The number of para-hydroxylation sites is 1. The Morgan fingerprint density at radius 3 is 2.37 bits per heavy atom. The molecule has 0 fully saturated rings. The predicted molar refractivity (Wildman–Crippen MR) is 71.8 cm³/mol. The minimum atomic E-state index is 0.0943. The standard InChI is InChI=1S/C14H9ClN2O2/c15-11-7-3-1-5-9(11)13-16-14(19-17-13)10-6-2-4-8-12(10)18/h1-8,18H. The zero-order chi connectivity index (χ0) is 13.2. The lowest BCUT2D eigenvalue weighted by Gasteiger charge is -1.97. The van der Waals surface area contributed by atoms with Gasteiger partial charge in [-0.15, -0.1) is 0 Å². The Balaban J connectivity index is 2.06. The second-order valence-corrected chi connectivity index (χ2v) is 4.33. The summed E-state index contributed by atoms with van der Waals surface area (Å²) in [5, 5.41) is 14.2. The number of benzene rings is 2. The van der Waals surface area contributed by atoms with Crippen LogP contribution in [0.3, 0.4) is 0 Å². The Morgan fingerprint density at radius 1 is 0.947 bits per heavy atom. The van der Waals surface area contributed by atoms with Gasteiger partial charge in [0.25, 0.3) is 5.89 Å². The lowest BCUT2D eigenvalue weighted by Crippen LogP contribution is -1.82. The molecule has 2 aromatic carbocycles. The number of aromatic hydroxyl groups is 1. The Kier molecular flexibility index (Phi) is 2.93. The number of rotatable bonds is 2. The van der Waals surface area contributed by atoms with Gasteiger partial charge in [-0.2, -0.15) is 4.98 Å². The largest absolute Gasteiger partial charge is 0.507 e. The number of halogens is 1. The van der Waals surface area contributed by atoms with Gasteiger partial charge >= 0.3 is 0 Å². The molecule has 0 radical (unpaired) electrons. The van der Waals surface area contributed by atoms with Crippen LogP contribution in [-0.4, -0.2) is 15.2 Å². The minimum Gasteiger partial charge on any atom is -0.507 e. The van der Waals surface area contributed by atoms with Gasteiger partial charge in [0.1, 0.15) is 5.75 Å². The monoisotopic (exact) mass is 272 g/mol. The maximum atomic E-state index is 9.74. The summed E-state index contributed by atoms with van der Waals surface area (Å²) in [6, 6.07) is 14.0. The van der Waals surface area contributed by atoms with Crippen LogP contribution >= 0.6 is 11.6 Å². The van der Waals surface area contributed by atoms with Crippen molar-refractivity contribution >= 4 is 11.6 Å². The molecule has 0 aliphatic carbocycles. The summed E-state index contributed by atoms with van der Waals surface area (Å²) < 4.78 is 5.16. The number of phenols is 1. The third-order valence-electron chi connectivity index (χ3n) is 2.68. The molecule has 94 valence electrons. The van der Waals surface area contributed by atoms with Crippen molar-refractivity contribution in [2.24, 2.45) is 0 Å². The molecule has 0 bridgehead atoms. The molecule has 0 saturated heterocycles. The lowest BCUT2D eigenvalue weighted by molar-refractivity contribution is 0.426. The predicted octanol–water partition coefficient (Wildman–Crippen LogP) is 3.76. The molecule has 0 atom stereocenters. The summed E-state index contributed by atoms with van der Waals surface area (Å²) in [6.45, 7) is 0. The van der Waals surface area contributed by atoms with Crippen LogP contribution < -0.4 is 0 Å². The topological polar surface area (TPSA) is 59.2 Å². The molecule has 19 heavy (non-hydrogen) atoms. The molecule has 3 rings (SSSR count). The average molecular weight is 273 g/mol. The van der Waals surface area contributed by atoms with E-state index in [2.05, 4.69) is 10.1 Å². The van der Waals surface area contributed by atoms with Crippen molar-refractivity contribution in [3.8, 4) is 28.6 Å². The summed E-state index contributed by atoms with van der Waals surface area (Å²) in [5.41, 5.74) is 1.18. The molecular formula is C14H9ClN2O2. The summed E-state index contributed by atoms with van der Waals surface area (Å²) in [4.78, 5) is 4.25. The van der Waals surface area contributed by atoms with E-state index >= 15 is 0 Å². The second-order valence-electron chi connectivity index (χ2n) is 3.92. The minimum absolute atomic E-state index is 0.0943. The number of phenolic OH excluding ortho intramolecular Hbond substituents is 1. The van der Waals surface area contributed by atoms with Gasteiger partial charge in [0, 0.05) is 5.56 Å². The van der Waals surface area contributed by atoms with Crippen molar-refractivity contribution in [1.82, 2.24) is 10.1 Å². The molecule has 0 aliphatic heterocycles. The van der Waals surface area contributed by atoms with Crippen LogP contribution in [0, 0.1) is 0 Å². The first kappa shape index (κ1) is 11.7. The molecular weight excluding hydrogens is 264 g/mol. The van der Waals surface area contributed by atoms with E-state index in [9.17, 15) is 5.11 Å². The maximum Gasteiger partial charge on any atom is 0.261 e. The molecule has 1 aromatic heterocycles. The first-order chi connectivity index (χ1) is 9.25. The second kappa shape index (κ2) is 4.74. The maximum absolute atomic E-state index is 9.74. The van der Waals surface area contributed by atoms with Crippen molar-refractivity contribution in [3.05, 3.63) is 53.6 Å². The number of nitrogens with zero attached hydrogens (tertiary/aromatic N) is 2. The fraction of sp³-hybridized carbons (Fsp3) is 0. The zero-order valence-corrected chi connectivity index (χ0v) is 10.5. The van der Waals surface area contributed by atoms with Crippen LogP contribution in [0.4, 0.5) is 0 Å². The molecule has 5 heteroatoms. The molecule has 0 amide bonds. The molecule has 1 N–H and O–H groups in total. The molecule has 0 spiro atoms. The van der Waals surface area contributed by atoms with E-state index in [0.717, 1.165) is 0 Å². The van der Waals surface area contributed by atoms with Crippen LogP contribution in [-0.2, 0) is 0 Å². The van der Waals surface area contributed by atoms with Gasteiger partial charge in [-0.1, -0.05) is 41.0 Å². The first-order valence-corrected chi connectivity index (χ1v) is 6.00. The molecule has 0 aliphatic rings. The highest BCUT2D eigenvalue weighted by Gasteiger charge is 2.14. The van der Waals surface area contributed by atoms with E-state index in [1.54, 1.807) is 30.3 Å². The highest BCUT2D eigenvalue weighted by Crippen LogP contribution is 2.30. The lowest BCUT2D eigenvalue weighted by atomic mass is 10.2. The number of hydrogen-bond donors (Lipinski definition) is 1. The van der Waals surface area contributed by atoms with Gasteiger partial charge in [0.05, 0.1) is 10.6 Å². The van der Waals surface area contributed by atoms with Crippen LogP contribution in [0.15, 0.2) is 53.1 Å². The summed E-state index contributed by atoms with van der Waals surface area (Å²) in [6.07, 6.45) is 0. The van der Waals surface area contributed by atoms with E-state index in [1.807, 2.05) is 18.2 Å². The van der Waals surface area contributed by atoms with Crippen molar-refractivity contribution in [2.45, 2.75) is 0 Å². The van der Waals surface area contributed by atoms with Gasteiger partial charge in [-0.25, -0.2) is 0 Å². The van der Waals surface area contributed by atoms with Crippen molar-refractivity contribution in [3.63, 3.8) is 0 Å². The highest BCUT2D eigenvalue weighted by atomic mass is 35.5. The van der Waals surface area contributed by atoms with Gasteiger partial charge in [0.15, 0.2) is 0 Å². The number of aromatic nitrogens is 2. The Hall–Kier alpha value is -2.33. The van der Waals surface area contributed by atoms with Crippen LogP contribution in [0.25, 0.3) is 22.8 Å². The van der Waals surface area contributed by atoms with E-state index < -0.39 is 0 Å². The van der Waals surface area contributed by atoms with E-state index in [0.29, 0.717) is 22.0 Å². The molecule has 0 unspecified atom stereocenters. The van der Waals surface area contributed by atoms with Gasteiger partial charge in [0.2, 0.25) is 5.82 Å². The van der Waals surface area contributed by atoms with E-state index in [1.165, 1.54) is 0 Å².